The van der Waals surface area contributed by atoms with Crippen molar-refractivity contribution in [2.24, 2.45) is 0 Å². The van der Waals surface area contributed by atoms with Gasteiger partial charge in [0.2, 0.25) is 0 Å². The van der Waals surface area contributed by atoms with Crippen LogP contribution in [0.3, 0.4) is 0 Å². The molecule has 1 aromatic heterocycles. The molecule has 1 aliphatic carbocycles. The Morgan fingerprint density at radius 3 is 2.69 bits per heavy atom. The fraction of sp³-hybridized carbons (Fsp3) is 0.375. The minimum atomic E-state index is -0.620. The highest BCUT2D eigenvalue weighted by Gasteiger charge is 2.52. The predicted octanol–water partition coefficient (Wildman–Crippen LogP) is 3.25. The summed E-state index contributed by atoms with van der Waals surface area (Å²) >= 11 is 0. The number of benzene rings is 2. The number of carbonyl (C=O) groups is 1. The van der Waals surface area contributed by atoms with Crippen molar-refractivity contribution in [1.29, 1.82) is 0 Å². The van der Waals surface area contributed by atoms with Crippen molar-refractivity contribution >= 4 is 16.8 Å². The van der Waals surface area contributed by atoms with Gasteiger partial charge in [-0.1, -0.05) is 24.3 Å². The molecule has 4 N–H and O–H groups in total. The van der Waals surface area contributed by atoms with Gasteiger partial charge < -0.3 is 20.7 Å². The summed E-state index contributed by atoms with van der Waals surface area (Å²) in [6, 6.07) is 13.5. The van der Waals surface area contributed by atoms with Crippen LogP contribution in [0.25, 0.3) is 10.9 Å². The Bertz CT molecular complexity index is 1090. The number of hydrogen-bond donors (Lipinski definition) is 4. The molecule has 5 rings (SSSR count). The van der Waals surface area contributed by atoms with Gasteiger partial charge >= 0.3 is 0 Å². The topological polar surface area (TPSA) is 77.2 Å². The molecule has 2 heterocycles. The second kappa shape index (κ2) is 6.71. The van der Waals surface area contributed by atoms with E-state index in [1.54, 1.807) is 0 Å². The molecule has 3 aromatic rings. The van der Waals surface area contributed by atoms with E-state index in [1.807, 2.05) is 43.3 Å². The molecule has 2 aliphatic rings. The van der Waals surface area contributed by atoms with Gasteiger partial charge in [0.15, 0.2) is 0 Å². The molecule has 2 aromatic carbocycles. The molecular formula is C24H27N3O2. The van der Waals surface area contributed by atoms with E-state index in [-0.39, 0.29) is 17.4 Å². The summed E-state index contributed by atoms with van der Waals surface area (Å²) in [5, 5.41) is 19.0. The van der Waals surface area contributed by atoms with Gasteiger partial charge in [0.1, 0.15) is 0 Å². The Labute approximate surface area is 170 Å². The molecular weight excluding hydrogens is 362 g/mol. The summed E-state index contributed by atoms with van der Waals surface area (Å²) in [7, 11) is 0. The maximum atomic E-state index is 13.1. The number of aryl methyl sites for hydroxylation is 2. The third-order valence-electron chi connectivity index (χ3n) is 7.07. The Morgan fingerprint density at radius 2 is 1.90 bits per heavy atom. The van der Waals surface area contributed by atoms with E-state index < -0.39 is 6.10 Å². The van der Waals surface area contributed by atoms with Crippen LogP contribution < -0.4 is 10.6 Å². The molecule has 0 radical (unpaired) electrons. The summed E-state index contributed by atoms with van der Waals surface area (Å²) < 4.78 is 0. The number of fused-ring (bicyclic) bond motifs is 3. The molecule has 0 bridgehead atoms. The highest BCUT2D eigenvalue weighted by Crippen LogP contribution is 2.50. The summed E-state index contributed by atoms with van der Waals surface area (Å²) in [6.07, 6.45) is 1.14. The smallest absolute Gasteiger partial charge is 0.251 e. The Morgan fingerprint density at radius 1 is 1.14 bits per heavy atom. The van der Waals surface area contributed by atoms with Crippen molar-refractivity contribution in [1.82, 2.24) is 15.6 Å². The van der Waals surface area contributed by atoms with E-state index in [0.29, 0.717) is 5.56 Å². The van der Waals surface area contributed by atoms with E-state index in [4.69, 9.17) is 0 Å². The van der Waals surface area contributed by atoms with E-state index in [2.05, 4.69) is 28.6 Å². The van der Waals surface area contributed by atoms with Gasteiger partial charge in [0, 0.05) is 27.6 Å². The van der Waals surface area contributed by atoms with Crippen LogP contribution in [0.1, 0.15) is 51.6 Å². The quantitative estimate of drug-likeness (QED) is 0.543. The van der Waals surface area contributed by atoms with Gasteiger partial charge in [-0.3, -0.25) is 4.79 Å². The molecule has 0 saturated carbocycles. The molecule has 5 heteroatoms. The first-order chi connectivity index (χ1) is 14.0. The second-order valence-electron chi connectivity index (χ2n) is 8.52. The Hall–Kier alpha value is -2.63. The molecule has 5 nitrogen and oxygen atoms in total. The minimum absolute atomic E-state index is 0.144. The minimum Gasteiger partial charge on any atom is -0.390 e. The number of aromatic amines is 1. The maximum Gasteiger partial charge on any atom is 0.251 e. The van der Waals surface area contributed by atoms with Gasteiger partial charge in [-0.2, -0.15) is 0 Å². The van der Waals surface area contributed by atoms with E-state index >= 15 is 0 Å². The summed E-state index contributed by atoms with van der Waals surface area (Å²) in [4.78, 5) is 16.5. The van der Waals surface area contributed by atoms with E-state index in [9.17, 15) is 9.90 Å². The normalized spacial score (nSPS) is 22.7. The summed E-state index contributed by atoms with van der Waals surface area (Å²) in [5.41, 5.74) is 5.89. The van der Waals surface area contributed by atoms with Gasteiger partial charge in [0.25, 0.3) is 5.91 Å². The van der Waals surface area contributed by atoms with Gasteiger partial charge in [-0.15, -0.1) is 0 Å². The number of nitrogens with one attached hydrogen (secondary N) is 3. The Balaban J connectivity index is 1.48. The molecule has 29 heavy (non-hydrogen) atoms. The fourth-order valence-electron chi connectivity index (χ4n) is 5.29. The third-order valence-corrected chi connectivity index (χ3v) is 7.07. The lowest BCUT2D eigenvalue weighted by Crippen LogP contribution is -2.48. The number of hydrogen-bond acceptors (Lipinski definition) is 3. The standard InChI is InChI=1S/C24H27N3O2/c1-14-15(2)26-20-8-7-16(13-18(14)20)23(29)27-21-17-5-3-4-6-19(17)24(22(21)28)9-11-25-12-10-24/h3-8,13,21-22,25-26,28H,9-12H2,1-2H3,(H,27,29)/t21-,22+/m0/s1. The average molecular weight is 389 g/mol. The lowest BCUT2D eigenvalue weighted by atomic mass is 9.72. The van der Waals surface area contributed by atoms with Crippen LogP contribution in [0.4, 0.5) is 0 Å². The summed E-state index contributed by atoms with van der Waals surface area (Å²) in [6.45, 7) is 5.87. The van der Waals surface area contributed by atoms with Crippen LogP contribution in [-0.2, 0) is 5.41 Å². The number of aliphatic hydroxyl groups excluding tert-OH is 1. The maximum absolute atomic E-state index is 13.1. The highest BCUT2D eigenvalue weighted by molar-refractivity contribution is 5.99. The zero-order valence-corrected chi connectivity index (χ0v) is 16.9. The highest BCUT2D eigenvalue weighted by atomic mass is 16.3. The van der Waals surface area contributed by atoms with E-state index in [0.717, 1.165) is 53.7 Å². The largest absolute Gasteiger partial charge is 0.390 e. The van der Waals surface area contributed by atoms with Gasteiger partial charge in [-0.05, 0) is 74.7 Å². The fourth-order valence-corrected chi connectivity index (χ4v) is 5.29. The van der Waals surface area contributed by atoms with E-state index in [1.165, 1.54) is 5.56 Å². The average Bonchev–Trinajstić information content (AvgIpc) is 3.15. The number of aliphatic hydroxyl groups is 1. The number of piperidine rings is 1. The van der Waals surface area contributed by atoms with Crippen molar-refractivity contribution in [2.75, 3.05) is 13.1 Å². The molecule has 1 saturated heterocycles. The number of rotatable bonds is 2. The molecule has 0 unspecified atom stereocenters. The van der Waals surface area contributed by atoms with Gasteiger partial charge in [0.05, 0.1) is 12.1 Å². The molecule has 1 fully saturated rings. The predicted molar refractivity (Wildman–Crippen MR) is 114 cm³/mol. The zero-order valence-electron chi connectivity index (χ0n) is 16.9. The first-order valence-electron chi connectivity index (χ1n) is 10.4. The lowest BCUT2D eigenvalue weighted by molar-refractivity contribution is 0.0418. The van der Waals surface area contributed by atoms with Crippen molar-refractivity contribution < 1.29 is 9.90 Å². The first-order valence-corrected chi connectivity index (χ1v) is 10.4. The van der Waals surface area contributed by atoms with Crippen molar-refractivity contribution in [2.45, 2.75) is 44.2 Å². The van der Waals surface area contributed by atoms with Crippen molar-refractivity contribution in [3.8, 4) is 0 Å². The monoisotopic (exact) mass is 389 g/mol. The molecule has 2 atom stereocenters. The SMILES string of the molecule is Cc1[nH]c2ccc(C(=O)N[C@H]3c4ccccc4C4(CCNCC4)[C@@H]3O)cc2c1C. The third kappa shape index (κ3) is 2.72. The van der Waals surface area contributed by atoms with Crippen LogP contribution in [0.2, 0.25) is 0 Å². The first kappa shape index (κ1) is 18.4. The number of H-pyrrole nitrogens is 1. The molecule has 1 amide bonds. The number of carbonyl (C=O) groups excluding carboxylic acids is 1. The van der Waals surface area contributed by atoms with Crippen LogP contribution in [0, 0.1) is 13.8 Å². The van der Waals surface area contributed by atoms with Crippen molar-refractivity contribution in [3.05, 3.63) is 70.4 Å². The molecule has 1 aliphatic heterocycles. The molecule has 150 valence electrons. The van der Waals surface area contributed by atoms with Crippen LogP contribution in [0.15, 0.2) is 42.5 Å². The summed E-state index contributed by atoms with van der Waals surface area (Å²) in [5.74, 6) is -0.144. The van der Waals surface area contributed by atoms with Crippen LogP contribution in [-0.4, -0.2) is 35.2 Å². The number of amides is 1. The van der Waals surface area contributed by atoms with Gasteiger partial charge in [-0.25, -0.2) is 0 Å². The lowest BCUT2D eigenvalue weighted by Gasteiger charge is -2.38. The van der Waals surface area contributed by atoms with Crippen LogP contribution >= 0.6 is 0 Å². The molecule has 1 spiro atoms. The zero-order chi connectivity index (χ0) is 20.2. The van der Waals surface area contributed by atoms with Crippen molar-refractivity contribution in [3.63, 3.8) is 0 Å². The van der Waals surface area contributed by atoms with Crippen LogP contribution in [0.5, 0.6) is 0 Å². The second-order valence-corrected chi connectivity index (χ2v) is 8.52. The Kier molecular flexibility index (Phi) is 4.26. The number of aromatic nitrogens is 1.